The number of imidazole rings is 1. The SMILES string of the molecule is CCc1nc2c3c(-c4ccc(-c5ccc(-c6nc(-c7cccc(-c8ccccc8)c7)nc7ccccc67)cc5)cc4)nc4ccccc4c3ccc2n1-c1ccccc1. The van der Waals surface area contributed by atoms with Gasteiger partial charge in [0.2, 0.25) is 0 Å². The molecule has 0 saturated carbocycles. The quantitative estimate of drug-likeness (QED) is 0.152. The van der Waals surface area contributed by atoms with Gasteiger partial charge >= 0.3 is 0 Å². The Balaban J connectivity index is 0.977. The van der Waals surface area contributed by atoms with Crippen LogP contribution in [0.3, 0.4) is 0 Å². The van der Waals surface area contributed by atoms with Crippen molar-refractivity contribution in [1.82, 2.24) is 24.5 Å². The molecule has 3 aromatic heterocycles. The molecular formula is C54H37N5. The van der Waals surface area contributed by atoms with E-state index in [4.69, 9.17) is 19.9 Å². The predicted octanol–water partition coefficient (Wildman–Crippen LogP) is 13.6. The van der Waals surface area contributed by atoms with Crippen molar-refractivity contribution in [2.24, 2.45) is 0 Å². The number of hydrogen-bond donors (Lipinski definition) is 0. The van der Waals surface area contributed by atoms with E-state index in [0.29, 0.717) is 5.82 Å². The molecular weight excluding hydrogens is 719 g/mol. The Bertz CT molecular complexity index is 3330. The predicted molar refractivity (Wildman–Crippen MR) is 244 cm³/mol. The van der Waals surface area contributed by atoms with E-state index in [1.807, 2.05) is 12.1 Å². The van der Waals surface area contributed by atoms with Gasteiger partial charge in [-0.2, -0.15) is 0 Å². The van der Waals surface area contributed by atoms with Crippen LogP contribution >= 0.6 is 0 Å². The number of hydrogen-bond acceptors (Lipinski definition) is 4. The fourth-order valence-electron chi connectivity index (χ4n) is 8.48. The van der Waals surface area contributed by atoms with Gasteiger partial charge in [0.25, 0.3) is 0 Å². The van der Waals surface area contributed by atoms with Crippen molar-refractivity contribution in [2.45, 2.75) is 13.3 Å². The third-order valence-electron chi connectivity index (χ3n) is 11.4. The number of rotatable bonds is 7. The normalized spacial score (nSPS) is 11.5. The molecule has 3 heterocycles. The Morgan fingerprint density at radius 1 is 0.390 bits per heavy atom. The zero-order valence-electron chi connectivity index (χ0n) is 32.4. The largest absolute Gasteiger partial charge is 0.296 e. The van der Waals surface area contributed by atoms with Crippen molar-refractivity contribution < 1.29 is 0 Å². The second-order valence-corrected chi connectivity index (χ2v) is 14.9. The Hall–Kier alpha value is -7.76. The van der Waals surface area contributed by atoms with E-state index in [1.165, 1.54) is 5.56 Å². The van der Waals surface area contributed by atoms with Crippen LogP contribution in [0.25, 0.3) is 105 Å². The first kappa shape index (κ1) is 34.5. The number of benzene rings is 8. The number of nitrogens with zero attached hydrogens (tertiary/aromatic N) is 5. The van der Waals surface area contributed by atoms with Crippen molar-refractivity contribution in [1.29, 1.82) is 0 Å². The summed E-state index contributed by atoms with van der Waals surface area (Å²) in [7, 11) is 0. The number of aryl methyl sites for hydroxylation is 1. The van der Waals surface area contributed by atoms with Gasteiger partial charge in [-0.05, 0) is 64.0 Å². The van der Waals surface area contributed by atoms with Crippen LogP contribution in [0.2, 0.25) is 0 Å². The molecule has 59 heavy (non-hydrogen) atoms. The standard InChI is InChI=1S/C54H37N5/c1-2-49-57-53-48(59(49)42-18-7-4-8-19-42)33-32-44-43-20-9-11-22-46(43)55-52(50(44)53)39-30-26-37(27-31-39)36-24-28-38(29-25-36)51-45-21-10-12-23-47(45)56-54(58-51)41-17-13-16-40(34-41)35-14-5-3-6-15-35/h3-34H,2H2,1H3. The summed E-state index contributed by atoms with van der Waals surface area (Å²) in [5, 5.41) is 4.38. The van der Waals surface area contributed by atoms with E-state index in [0.717, 1.165) is 106 Å². The van der Waals surface area contributed by atoms with Crippen molar-refractivity contribution >= 4 is 43.6 Å². The fraction of sp³-hybridized carbons (Fsp3) is 0.0370. The van der Waals surface area contributed by atoms with Gasteiger partial charge in [-0.25, -0.2) is 19.9 Å². The summed E-state index contributed by atoms with van der Waals surface area (Å²) in [6, 6.07) is 68.1. The van der Waals surface area contributed by atoms with Crippen molar-refractivity contribution in [3.63, 3.8) is 0 Å². The van der Waals surface area contributed by atoms with Gasteiger partial charge in [0.05, 0.1) is 33.5 Å². The lowest BCUT2D eigenvalue weighted by Gasteiger charge is -2.13. The summed E-state index contributed by atoms with van der Waals surface area (Å²) >= 11 is 0. The zero-order valence-corrected chi connectivity index (χ0v) is 32.4. The summed E-state index contributed by atoms with van der Waals surface area (Å²) in [6.45, 7) is 2.17. The topological polar surface area (TPSA) is 56.5 Å². The molecule has 0 aliphatic heterocycles. The number of fused-ring (bicyclic) bond motifs is 6. The first-order valence-corrected chi connectivity index (χ1v) is 20.1. The highest BCUT2D eigenvalue weighted by molar-refractivity contribution is 6.20. The Kier molecular flexibility index (Phi) is 8.37. The van der Waals surface area contributed by atoms with Gasteiger partial charge in [0.1, 0.15) is 5.82 Å². The molecule has 0 fully saturated rings. The minimum Gasteiger partial charge on any atom is -0.296 e. The summed E-state index contributed by atoms with van der Waals surface area (Å²) in [4.78, 5) is 20.8. The fourth-order valence-corrected chi connectivity index (χ4v) is 8.48. The smallest absolute Gasteiger partial charge is 0.160 e. The molecule has 8 aromatic carbocycles. The molecule has 0 N–H and O–H groups in total. The lowest BCUT2D eigenvalue weighted by molar-refractivity contribution is 0.908. The molecule has 0 bridgehead atoms. The van der Waals surface area contributed by atoms with Crippen molar-refractivity contribution in [3.05, 3.63) is 200 Å². The highest BCUT2D eigenvalue weighted by Crippen LogP contribution is 2.39. The van der Waals surface area contributed by atoms with Crippen molar-refractivity contribution in [2.75, 3.05) is 0 Å². The number of para-hydroxylation sites is 3. The first-order chi connectivity index (χ1) is 29.2. The van der Waals surface area contributed by atoms with Gasteiger partial charge in [0.15, 0.2) is 5.82 Å². The second-order valence-electron chi connectivity index (χ2n) is 14.9. The highest BCUT2D eigenvalue weighted by Gasteiger charge is 2.20. The van der Waals surface area contributed by atoms with Crippen LogP contribution in [0.1, 0.15) is 12.7 Å². The number of aromatic nitrogens is 5. The molecule has 0 radical (unpaired) electrons. The van der Waals surface area contributed by atoms with Crippen LogP contribution in [-0.2, 0) is 6.42 Å². The van der Waals surface area contributed by atoms with Crippen molar-refractivity contribution in [3.8, 4) is 61.8 Å². The van der Waals surface area contributed by atoms with Gasteiger partial charge in [-0.3, -0.25) is 4.57 Å². The van der Waals surface area contributed by atoms with Crippen LogP contribution in [0, 0.1) is 0 Å². The third kappa shape index (κ3) is 6.03. The maximum atomic E-state index is 5.32. The van der Waals surface area contributed by atoms with Crippen LogP contribution in [0.15, 0.2) is 194 Å². The van der Waals surface area contributed by atoms with Gasteiger partial charge in [-0.1, -0.05) is 165 Å². The monoisotopic (exact) mass is 755 g/mol. The molecule has 0 aliphatic carbocycles. The lowest BCUT2D eigenvalue weighted by Crippen LogP contribution is -1.99. The maximum absolute atomic E-state index is 5.32. The molecule has 0 amide bonds. The van der Waals surface area contributed by atoms with Crippen LogP contribution in [0.5, 0.6) is 0 Å². The average molecular weight is 756 g/mol. The Morgan fingerprint density at radius 2 is 0.949 bits per heavy atom. The minimum absolute atomic E-state index is 0.709. The van der Waals surface area contributed by atoms with Crippen LogP contribution in [-0.4, -0.2) is 24.5 Å². The van der Waals surface area contributed by atoms with Gasteiger partial charge in [0, 0.05) is 45.0 Å². The molecule has 0 aliphatic rings. The summed E-state index contributed by atoms with van der Waals surface area (Å²) < 4.78 is 2.29. The molecule has 5 nitrogen and oxygen atoms in total. The minimum atomic E-state index is 0.709. The van der Waals surface area contributed by atoms with E-state index in [1.54, 1.807) is 0 Å². The van der Waals surface area contributed by atoms with E-state index >= 15 is 0 Å². The summed E-state index contributed by atoms with van der Waals surface area (Å²) in [5.41, 5.74) is 14.5. The third-order valence-corrected chi connectivity index (χ3v) is 11.4. The van der Waals surface area contributed by atoms with Gasteiger partial charge < -0.3 is 0 Å². The molecule has 0 atom stereocenters. The van der Waals surface area contributed by atoms with E-state index in [2.05, 4.69) is 193 Å². The average Bonchev–Trinajstić information content (AvgIpc) is 3.71. The van der Waals surface area contributed by atoms with E-state index < -0.39 is 0 Å². The van der Waals surface area contributed by atoms with Crippen LogP contribution < -0.4 is 0 Å². The summed E-state index contributed by atoms with van der Waals surface area (Å²) in [6.07, 6.45) is 0.812. The first-order valence-electron chi connectivity index (χ1n) is 20.1. The van der Waals surface area contributed by atoms with Gasteiger partial charge in [-0.15, -0.1) is 0 Å². The molecule has 5 heteroatoms. The maximum Gasteiger partial charge on any atom is 0.160 e. The van der Waals surface area contributed by atoms with E-state index in [-0.39, 0.29) is 0 Å². The van der Waals surface area contributed by atoms with Crippen LogP contribution in [0.4, 0.5) is 0 Å². The molecule has 278 valence electrons. The highest BCUT2D eigenvalue weighted by atomic mass is 15.1. The molecule has 11 aromatic rings. The molecule has 0 unspecified atom stereocenters. The zero-order chi connectivity index (χ0) is 39.3. The summed E-state index contributed by atoms with van der Waals surface area (Å²) in [5.74, 6) is 1.74. The molecule has 0 saturated heterocycles. The number of pyridine rings is 1. The second kappa shape index (κ2) is 14.3. The molecule has 0 spiro atoms. The van der Waals surface area contributed by atoms with E-state index in [9.17, 15) is 0 Å². The Labute approximate surface area is 342 Å². The molecule has 11 rings (SSSR count). The lowest BCUT2D eigenvalue weighted by atomic mass is 9.96. The Morgan fingerprint density at radius 3 is 1.66 bits per heavy atom.